The van der Waals surface area contributed by atoms with Crippen molar-refractivity contribution in [1.82, 2.24) is 4.90 Å². The van der Waals surface area contributed by atoms with Crippen molar-refractivity contribution in [2.24, 2.45) is 5.92 Å². The minimum absolute atomic E-state index is 0.0578. The quantitative estimate of drug-likeness (QED) is 0.490. The lowest BCUT2D eigenvalue weighted by molar-refractivity contribution is -0.153. The van der Waals surface area contributed by atoms with Crippen LogP contribution in [0, 0.1) is 5.92 Å². The van der Waals surface area contributed by atoms with Crippen molar-refractivity contribution >= 4 is 29.1 Å². The molecule has 1 saturated heterocycles. The van der Waals surface area contributed by atoms with E-state index in [0.717, 1.165) is 17.5 Å². The molecule has 3 atom stereocenters. The summed E-state index contributed by atoms with van der Waals surface area (Å²) in [4.78, 5) is 15.5. The molecule has 0 N–H and O–H groups in total. The number of piperidine rings is 1. The van der Waals surface area contributed by atoms with Crippen molar-refractivity contribution < 1.29 is 4.79 Å². The van der Waals surface area contributed by atoms with Gasteiger partial charge in [0.05, 0.1) is 5.54 Å². The van der Waals surface area contributed by atoms with E-state index in [1.165, 1.54) is 0 Å². The molecule has 0 radical (unpaired) electrons. The van der Waals surface area contributed by atoms with Crippen LogP contribution in [0.1, 0.15) is 50.7 Å². The van der Waals surface area contributed by atoms with Gasteiger partial charge in [0, 0.05) is 27.9 Å². The van der Waals surface area contributed by atoms with Gasteiger partial charge in [0.25, 0.3) is 0 Å². The van der Waals surface area contributed by atoms with Gasteiger partial charge in [0.2, 0.25) is 5.91 Å². The summed E-state index contributed by atoms with van der Waals surface area (Å²) in [6.07, 6.45) is 3.28. The minimum Gasteiger partial charge on any atom is -0.330 e. The second kappa shape index (κ2) is 8.31. The fraction of sp³-hybridized carbons (Fsp3) is 0.375. The highest BCUT2D eigenvalue weighted by Gasteiger charge is 2.51. The topological polar surface area (TPSA) is 20.3 Å². The smallest absolute Gasteiger partial charge is 0.226 e. The molecule has 3 rings (SSSR count). The Hall–Kier alpha value is -1.77. The average Bonchev–Trinajstić information content (AvgIpc) is 2.64. The van der Waals surface area contributed by atoms with Crippen LogP contribution in [0.25, 0.3) is 0 Å². The van der Waals surface area contributed by atoms with Crippen LogP contribution in [0.2, 0.25) is 10.0 Å². The first-order valence-corrected chi connectivity index (χ1v) is 10.5. The molecule has 0 spiro atoms. The Morgan fingerprint density at radius 2 is 1.86 bits per heavy atom. The molecule has 1 aliphatic heterocycles. The van der Waals surface area contributed by atoms with Gasteiger partial charge in [-0.2, -0.15) is 0 Å². The Morgan fingerprint density at radius 3 is 2.43 bits per heavy atom. The van der Waals surface area contributed by atoms with Crippen molar-refractivity contribution in [1.29, 1.82) is 0 Å². The van der Waals surface area contributed by atoms with E-state index >= 15 is 0 Å². The molecule has 0 unspecified atom stereocenters. The second-order valence-electron chi connectivity index (χ2n) is 8.02. The minimum atomic E-state index is -0.502. The lowest BCUT2D eigenvalue weighted by atomic mass is 9.66. The first-order valence-electron chi connectivity index (χ1n) is 9.74. The third kappa shape index (κ3) is 3.73. The Labute approximate surface area is 178 Å². The number of carbonyl (C=O) groups excluding carboxylic acids is 1. The number of allylic oxidation sites excluding steroid dienone is 1. The number of halogens is 2. The highest BCUT2D eigenvalue weighted by Crippen LogP contribution is 2.51. The van der Waals surface area contributed by atoms with Crippen molar-refractivity contribution in [3.8, 4) is 0 Å². The molecular formula is C24H27Cl2NO. The van der Waals surface area contributed by atoms with E-state index in [-0.39, 0.29) is 23.8 Å². The van der Waals surface area contributed by atoms with E-state index in [1.807, 2.05) is 48.5 Å². The standard InChI is InChI=1S/C24H27Cl2NO/c1-5-7-18-15-22(17-8-6-9-21(26)14-17)24(4,27(16(2)3)23(18)28)19-10-12-20(25)13-11-19/h5-6,8-14,16,18,22H,1,7,15H2,2-4H3/t18-,22+,24+/m0/s1. The van der Waals surface area contributed by atoms with Gasteiger partial charge in [-0.1, -0.05) is 53.5 Å². The van der Waals surface area contributed by atoms with Crippen molar-refractivity contribution in [2.45, 2.75) is 51.1 Å². The Kier molecular flexibility index (Phi) is 6.21. The molecule has 1 fully saturated rings. The SMILES string of the molecule is C=CC[C@H]1C[C@H](c2cccc(Cl)c2)[C@@](C)(c2ccc(Cl)cc2)N(C(C)C)C1=O. The number of amides is 1. The summed E-state index contributed by atoms with van der Waals surface area (Å²) in [5.74, 6) is 0.215. The molecule has 0 saturated carbocycles. The Balaban J connectivity index is 2.22. The zero-order chi connectivity index (χ0) is 20.5. The molecule has 2 aromatic rings. The van der Waals surface area contributed by atoms with Gasteiger partial charge < -0.3 is 4.90 Å². The summed E-state index contributed by atoms with van der Waals surface area (Å²) in [6.45, 7) is 10.2. The third-order valence-corrected chi connectivity index (χ3v) is 6.42. The van der Waals surface area contributed by atoms with Crippen molar-refractivity contribution in [2.75, 3.05) is 0 Å². The molecule has 148 valence electrons. The number of likely N-dealkylation sites (tertiary alicyclic amines) is 1. The van der Waals surface area contributed by atoms with E-state index in [1.54, 1.807) is 0 Å². The lowest BCUT2D eigenvalue weighted by Gasteiger charge is -2.54. The average molecular weight is 416 g/mol. The largest absolute Gasteiger partial charge is 0.330 e. The van der Waals surface area contributed by atoms with Crippen LogP contribution in [-0.4, -0.2) is 16.8 Å². The van der Waals surface area contributed by atoms with Gasteiger partial charge in [-0.15, -0.1) is 6.58 Å². The maximum absolute atomic E-state index is 13.5. The molecule has 2 aromatic carbocycles. The number of carbonyl (C=O) groups is 1. The van der Waals surface area contributed by atoms with E-state index in [4.69, 9.17) is 23.2 Å². The number of hydrogen-bond donors (Lipinski definition) is 0. The molecular weight excluding hydrogens is 389 g/mol. The zero-order valence-electron chi connectivity index (χ0n) is 16.7. The van der Waals surface area contributed by atoms with Crippen LogP contribution in [0.15, 0.2) is 61.2 Å². The van der Waals surface area contributed by atoms with E-state index in [0.29, 0.717) is 16.5 Å². The zero-order valence-corrected chi connectivity index (χ0v) is 18.2. The number of rotatable bonds is 5. The maximum atomic E-state index is 13.5. The van der Waals surface area contributed by atoms with Crippen LogP contribution < -0.4 is 0 Å². The van der Waals surface area contributed by atoms with Crippen LogP contribution >= 0.6 is 23.2 Å². The monoisotopic (exact) mass is 415 g/mol. The summed E-state index contributed by atoms with van der Waals surface area (Å²) < 4.78 is 0. The normalized spacial score (nSPS) is 25.2. The highest BCUT2D eigenvalue weighted by atomic mass is 35.5. The highest BCUT2D eigenvalue weighted by molar-refractivity contribution is 6.30. The maximum Gasteiger partial charge on any atom is 0.226 e. The van der Waals surface area contributed by atoms with Gasteiger partial charge in [-0.3, -0.25) is 4.79 Å². The Bertz CT molecular complexity index is 861. The van der Waals surface area contributed by atoms with Gasteiger partial charge in [0.15, 0.2) is 0 Å². The van der Waals surface area contributed by atoms with E-state index < -0.39 is 5.54 Å². The molecule has 4 heteroatoms. The first-order chi connectivity index (χ1) is 13.3. The van der Waals surface area contributed by atoms with Crippen LogP contribution in [0.4, 0.5) is 0 Å². The molecule has 0 aliphatic carbocycles. The number of benzene rings is 2. The summed E-state index contributed by atoms with van der Waals surface area (Å²) in [5, 5.41) is 1.40. The molecule has 0 aromatic heterocycles. The second-order valence-corrected chi connectivity index (χ2v) is 8.89. The number of nitrogens with zero attached hydrogens (tertiary/aromatic N) is 1. The molecule has 2 nitrogen and oxygen atoms in total. The van der Waals surface area contributed by atoms with Crippen LogP contribution in [-0.2, 0) is 10.3 Å². The predicted molar refractivity (Wildman–Crippen MR) is 118 cm³/mol. The van der Waals surface area contributed by atoms with Gasteiger partial charge >= 0.3 is 0 Å². The Morgan fingerprint density at radius 1 is 1.18 bits per heavy atom. The van der Waals surface area contributed by atoms with Crippen molar-refractivity contribution in [3.05, 3.63) is 82.4 Å². The lowest BCUT2D eigenvalue weighted by Crippen LogP contribution is -2.59. The fourth-order valence-electron chi connectivity index (χ4n) is 4.71. The molecule has 1 heterocycles. The molecule has 28 heavy (non-hydrogen) atoms. The van der Waals surface area contributed by atoms with Gasteiger partial charge in [-0.05, 0) is 69.0 Å². The van der Waals surface area contributed by atoms with Gasteiger partial charge in [0.1, 0.15) is 0 Å². The number of hydrogen-bond acceptors (Lipinski definition) is 1. The third-order valence-electron chi connectivity index (χ3n) is 5.93. The molecule has 1 aliphatic rings. The van der Waals surface area contributed by atoms with E-state index in [2.05, 4.69) is 38.3 Å². The molecule has 1 amide bonds. The summed E-state index contributed by atoms with van der Waals surface area (Å²) >= 11 is 12.5. The predicted octanol–water partition coefficient (Wildman–Crippen LogP) is 6.83. The summed E-state index contributed by atoms with van der Waals surface area (Å²) in [6, 6.07) is 15.9. The van der Waals surface area contributed by atoms with E-state index in [9.17, 15) is 4.79 Å². The fourth-order valence-corrected chi connectivity index (χ4v) is 5.03. The van der Waals surface area contributed by atoms with Crippen molar-refractivity contribution in [3.63, 3.8) is 0 Å². The first kappa shape index (κ1) is 21.0. The van der Waals surface area contributed by atoms with Crippen LogP contribution in [0.5, 0.6) is 0 Å². The molecule has 0 bridgehead atoms. The van der Waals surface area contributed by atoms with Crippen LogP contribution in [0.3, 0.4) is 0 Å². The summed E-state index contributed by atoms with van der Waals surface area (Å²) in [7, 11) is 0. The summed E-state index contributed by atoms with van der Waals surface area (Å²) in [5.41, 5.74) is 1.73. The van der Waals surface area contributed by atoms with Gasteiger partial charge in [-0.25, -0.2) is 0 Å².